The van der Waals surface area contributed by atoms with Gasteiger partial charge in [0.25, 0.3) is 0 Å². The molecule has 3 aliphatic rings. The number of alkyl halides is 4. The number of amides is 2. The third-order valence-electron chi connectivity index (χ3n) is 11.8. The molecule has 15 nitrogen and oxygen atoms in total. The summed E-state index contributed by atoms with van der Waals surface area (Å²) in [6.07, 6.45) is 4.09. The van der Waals surface area contributed by atoms with Gasteiger partial charge < -0.3 is 45.4 Å². The number of piperazine rings is 1. The van der Waals surface area contributed by atoms with Crippen molar-refractivity contribution in [1.29, 1.82) is 0 Å². The smallest absolute Gasteiger partial charge is 0.410 e. The van der Waals surface area contributed by atoms with E-state index < -0.39 is 11.2 Å². The van der Waals surface area contributed by atoms with E-state index in [-0.39, 0.29) is 52.1 Å². The molecule has 3 aromatic rings. The van der Waals surface area contributed by atoms with Crippen LogP contribution in [0.25, 0.3) is 0 Å². The highest BCUT2D eigenvalue weighted by Gasteiger charge is 2.34. The van der Waals surface area contributed by atoms with Gasteiger partial charge in [-0.25, -0.2) is 9.59 Å². The Bertz CT molecular complexity index is 1800. The minimum atomic E-state index is -0.418. The van der Waals surface area contributed by atoms with Crippen LogP contribution < -0.4 is 5.73 Å². The fourth-order valence-corrected chi connectivity index (χ4v) is 8.56. The fraction of sp³-hybridized carbons (Fsp3) is 0.683. The molecule has 0 bridgehead atoms. The van der Waals surface area contributed by atoms with Crippen molar-refractivity contribution in [2.45, 2.75) is 152 Å². The molecule has 3 saturated heterocycles. The number of unbranched alkanes of at least 4 members (excludes halogenated alkanes) is 2. The summed E-state index contributed by atoms with van der Waals surface area (Å²) in [5.74, 6) is 1.31. The first-order valence-electron chi connectivity index (χ1n) is 29.2. The number of carbonyl (C=O) groups is 2. The van der Waals surface area contributed by atoms with Gasteiger partial charge in [-0.3, -0.25) is 19.6 Å². The lowest BCUT2D eigenvalue weighted by molar-refractivity contribution is 0.0265. The number of hydrogen-bond acceptors (Lipinski definition) is 13. The molecule has 2 amide bonds. The third-order valence-corrected chi connectivity index (χ3v) is 12.1. The summed E-state index contributed by atoms with van der Waals surface area (Å²) in [7, 11) is 0. The monoisotopic (exact) mass is 1420 g/mol. The second-order valence-corrected chi connectivity index (χ2v) is 24.8. The number of nitrogens with zero attached hydrogens (tertiary/aromatic N) is 6. The van der Waals surface area contributed by atoms with Crippen LogP contribution in [-0.2, 0) is 29.1 Å². The van der Waals surface area contributed by atoms with Crippen molar-refractivity contribution in [3.8, 4) is 0 Å². The zero-order valence-corrected chi connectivity index (χ0v) is 57.1. The van der Waals surface area contributed by atoms with Gasteiger partial charge in [0.05, 0.1) is 13.2 Å². The van der Waals surface area contributed by atoms with Gasteiger partial charge in [-0.1, -0.05) is 171 Å². The van der Waals surface area contributed by atoms with E-state index in [1.54, 1.807) is 4.90 Å². The predicted octanol–water partition coefficient (Wildman–Crippen LogP) is 11.9. The van der Waals surface area contributed by atoms with Gasteiger partial charge in [-0.05, 0) is 99.2 Å². The van der Waals surface area contributed by atoms with Crippen molar-refractivity contribution in [3.63, 3.8) is 0 Å². The van der Waals surface area contributed by atoms with E-state index in [0.29, 0.717) is 37.4 Å². The van der Waals surface area contributed by atoms with E-state index >= 15 is 0 Å². The standard InChI is InChI=1S/C20H31N3O2.C11H15Cl2N.C11H17NO2.C9H18N2O2.C5H12O2.2C2H5I.C2H6.CH4/c1-20(2,3)25-19(24)23-10-9-18(16-23)22-13-11-21(12-14-22)15-17-7-5-4-6-8-17;12-6-8-14(9-7-13)10-11-4-2-1-3-5-11;13-8-6-12(7-9-14)10-11-4-2-1-3-5-11;1-9(2,3)13-8(12)11-5-4-7(10)6-11;6-4-2-1-3-5-7;2*1-2-3;1-2;/h4-8,18H,9-16H2,1-3H3;1-5H,6-10H2;1-5,13-14H,6-10H2;7H,4-6,10H2,1-3H3;6-7H,1-5H2;2*2H2,1H3;1-2H3;1H4. The van der Waals surface area contributed by atoms with Gasteiger partial charge in [0, 0.05) is 135 Å². The molecule has 0 aliphatic carbocycles. The quantitative estimate of drug-likeness (QED) is 0.0435. The van der Waals surface area contributed by atoms with E-state index in [4.69, 9.17) is 58.8 Å². The summed E-state index contributed by atoms with van der Waals surface area (Å²) in [6.45, 7) is 33.4. The Kier molecular flexibility index (Phi) is 55.7. The fourth-order valence-electron chi connectivity index (χ4n) is 8.09. The second kappa shape index (κ2) is 54.3. The van der Waals surface area contributed by atoms with Crippen LogP contribution in [-0.4, -0.2) is 211 Å². The number of halogens is 4. The summed E-state index contributed by atoms with van der Waals surface area (Å²) in [5.41, 5.74) is 8.74. The average molecular weight is 1420 g/mol. The molecular weight excluding hydrogens is 1310 g/mol. The summed E-state index contributed by atoms with van der Waals surface area (Å²) in [4.78, 5) is 36.6. The predicted molar refractivity (Wildman–Crippen MR) is 364 cm³/mol. The SMILES string of the molecule is C.CC.CC(C)(C)OC(=O)N1CCC(N)C1.CC(C)(C)OC(=O)N1CCC(N2CCN(Cc3ccccc3)CC2)C1.CCI.CCI.ClCCN(CCCl)Cc1ccccc1.OCCCCCO.OCCN(CCO)Cc1ccccc1. The average Bonchev–Trinajstić information content (AvgIpc) is 4.16. The van der Waals surface area contributed by atoms with E-state index in [0.717, 1.165) is 111 Å². The van der Waals surface area contributed by atoms with Crippen molar-refractivity contribution < 1.29 is 39.5 Å². The number of hydrogen-bond donors (Lipinski definition) is 5. The lowest BCUT2D eigenvalue weighted by Gasteiger charge is -2.38. The Labute approximate surface area is 536 Å². The first-order chi connectivity index (χ1) is 38.8. The zero-order chi connectivity index (χ0) is 61.3. The topological polar surface area (TPSA) is 179 Å². The number of likely N-dealkylation sites (tertiary alicyclic amines) is 2. The summed E-state index contributed by atoms with van der Waals surface area (Å²) in [6, 6.07) is 31.7. The Balaban J connectivity index is -0.000000961. The van der Waals surface area contributed by atoms with E-state index in [1.807, 2.05) is 102 Å². The number of aliphatic hydroxyl groups is 4. The summed E-state index contributed by atoms with van der Waals surface area (Å²) < 4.78 is 13.1. The van der Waals surface area contributed by atoms with Crippen molar-refractivity contribution in [3.05, 3.63) is 108 Å². The first-order valence-corrected chi connectivity index (χ1v) is 33.3. The van der Waals surface area contributed by atoms with Crippen molar-refractivity contribution in [2.24, 2.45) is 5.73 Å². The second-order valence-electron chi connectivity index (χ2n) is 21.0. The maximum Gasteiger partial charge on any atom is 0.410 e. The van der Waals surface area contributed by atoms with Gasteiger partial charge >= 0.3 is 12.2 Å². The lowest BCUT2D eigenvalue weighted by Crippen LogP contribution is -2.51. The van der Waals surface area contributed by atoms with Gasteiger partial charge in [-0.2, -0.15) is 0 Å². The summed E-state index contributed by atoms with van der Waals surface area (Å²) in [5, 5.41) is 34.1. The zero-order valence-electron chi connectivity index (χ0n) is 51.3. The highest BCUT2D eigenvalue weighted by atomic mass is 127. The Morgan fingerprint density at radius 2 is 0.939 bits per heavy atom. The molecule has 2 atom stereocenters. The molecule has 3 fully saturated rings. The molecule has 476 valence electrons. The van der Waals surface area contributed by atoms with Crippen LogP contribution in [0, 0.1) is 0 Å². The maximum atomic E-state index is 12.2. The van der Waals surface area contributed by atoms with Crippen LogP contribution in [0.2, 0.25) is 0 Å². The maximum absolute atomic E-state index is 12.2. The number of carbonyl (C=O) groups excluding carboxylic acids is 2. The normalized spacial score (nSPS) is 15.7. The minimum absolute atomic E-state index is 0. The third kappa shape index (κ3) is 46.1. The minimum Gasteiger partial charge on any atom is -0.444 e. The Morgan fingerprint density at radius 1 is 0.573 bits per heavy atom. The number of rotatable bonds is 19. The highest BCUT2D eigenvalue weighted by Crippen LogP contribution is 2.21. The molecule has 3 aliphatic heterocycles. The molecule has 6 rings (SSSR count). The van der Waals surface area contributed by atoms with Crippen LogP contribution in [0.3, 0.4) is 0 Å². The molecule has 3 aromatic carbocycles. The molecule has 0 spiro atoms. The number of benzene rings is 3. The molecule has 0 aromatic heterocycles. The molecule has 6 N–H and O–H groups in total. The Hall–Kier alpha value is -2.12. The number of aliphatic hydroxyl groups excluding tert-OH is 4. The van der Waals surface area contributed by atoms with E-state index in [9.17, 15) is 9.59 Å². The van der Waals surface area contributed by atoms with Gasteiger partial charge in [-0.15, -0.1) is 23.2 Å². The molecule has 82 heavy (non-hydrogen) atoms. The van der Waals surface area contributed by atoms with Crippen LogP contribution in [0.5, 0.6) is 0 Å². The van der Waals surface area contributed by atoms with E-state index in [2.05, 4.69) is 128 Å². The van der Waals surface area contributed by atoms with Crippen molar-refractivity contribution >= 4 is 80.6 Å². The molecular formula is C63H113Cl2I2N7O8. The highest BCUT2D eigenvalue weighted by molar-refractivity contribution is 14.1. The molecule has 3 heterocycles. The molecule has 0 saturated carbocycles. The van der Waals surface area contributed by atoms with E-state index in [1.165, 1.54) is 25.5 Å². The Morgan fingerprint density at radius 3 is 1.28 bits per heavy atom. The first kappa shape index (κ1) is 84.1. The molecule has 0 radical (unpaired) electrons. The van der Waals surface area contributed by atoms with Crippen LogP contribution in [0.15, 0.2) is 91.0 Å². The van der Waals surface area contributed by atoms with Gasteiger partial charge in [0.1, 0.15) is 11.2 Å². The summed E-state index contributed by atoms with van der Waals surface area (Å²) >= 11 is 16.0. The van der Waals surface area contributed by atoms with Gasteiger partial charge in [0.15, 0.2) is 0 Å². The lowest BCUT2D eigenvalue weighted by atomic mass is 10.1. The molecule has 19 heteroatoms. The van der Waals surface area contributed by atoms with Crippen LogP contribution in [0.1, 0.15) is 125 Å². The van der Waals surface area contributed by atoms with Crippen molar-refractivity contribution in [1.82, 2.24) is 29.4 Å². The molecule has 2 unspecified atom stereocenters. The van der Waals surface area contributed by atoms with Crippen LogP contribution >= 0.6 is 68.4 Å². The largest absolute Gasteiger partial charge is 0.444 e. The number of nitrogens with two attached hydrogens (primary N) is 1. The van der Waals surface area contributed by atoms with Crippen molar-refractivity contribution in [2.75, 3.05) is 126 Å². The van der Waals surface area contributed by atoms with Gasteiger partial charge in [0.2, 0.25) is 0 Å². The van der Waals surface area contributed by atoms with Crippen LogP contribution in [0.4, 0.5) is 9.59 Å². The number of ether oxygens (including phenoxy) is 2.